The van der Waals surface area contributed by atoms with E-state index >= 15 is 0 Å². The fraction of sp³-hybridized carbons (Fsp3) is 0.278. The molecular formula is C18H19NS. The monoisotopic (exact) mass is 281 g/mol. The Kier molecular flexibility index (Phi) is 3.14. The van der Waals surface area contributed by atoms with Crippen molar-refractivity contribution in [3.8, 4) is 11.1 Å². The highest BCUT2D eigenvalue weighted by Gasteiger charge is 2.13. The molecule has 0 saturated heterocycles. The minimum atomic E-state index is 0.206. The SMILES string of the molecule is Cc1nc2ccc(-c3ccc(C(C)(C)C)cc3)cc2s1. The second-order valence-corrected chi connectivity index (χ2v) is 7.48. The second-order valence-electron chi connectivity index (χ2n) is 6.24. The van der Waals surface area contributed by atoms with Crippen LogP contribution >= 0.6 is 11.3 Å². The summed E-state index contributed by atoms with van der Waals surface area (Å²) in [5, 5.41) is 1.13. The van der Waals surface area contributed by atoms with Crippen molar-refractivity contribution >= 4 is 21.6 Å². The smallest absolute Gasteiger partial charge is 0.0907 e. The molecule has 0 amide bonds. The summed E-state index contributed by atoms with van der Waals surface area (Å²) >= 11 is 1.76. The Bertz CT molecular complexity index is 745. The molecule has 0 fully saturated rings. The summed E-state index contributed by atoms with van der Waals surface area (Å²) in [4.78, 5) is 4.51. The molecule has 0 spiro atoms. The van der Waals surface area contributed by atoms with Crippen LogP contribution in [-0.4, -0.2) is 4.98 Å². The van der Waals surface area contributed by atoms with Crippen molar-refractivity contribution in [2.45, 2.75) is 33.1 Å². The van der Waals surface area contributed by atoms with Crippen LogP contribution in [0, 0.1) is 6.92 Å². The number of aryl methyl sites for hydroxylation is 1. The van der Waals surface area contributed by atoms with Crippen molar-refractivity contribution in [1.82, 2.24) is 4.98 Å². The van der Waals surface area contributed by atoms with Crippen LogP contribution in [-0.2, 0) is 5.41 Å². The molecule has 3 aromatic rings. The minimum Gasteiger partial charge on any atom is -0.242 e. The van der Waals surface area contributed by atoms with Gasteiger partial charge in [0.15, 0.2) is 0 Å². The van der Waals surface area contributed by atoms with E-state index in [1.807, 2.05) is 0 Å². The summed E-state index contributed by atoms with van der Waals surface area (Å²) in [5.74, 6) is 0. The first kappa shape index (κ1) is 13.3. The zero-order valence-electron chi connectivity index (χ0n) is 12.4. The highest BCUT2D eigenvalue weighted by Crippen LogP contribution is 2.30. The molecule has 102 valence electrons. The van der Waals surface area contributed by atoms with Gasteiger partial charge in [-0.05, 0) is 41.2 Å². The summed E-state index contributed by atoms with van der Waals surface area (Å²) in [5.41, 5.74) is 5.21. The molecule has 0 aliphatic heterocycles. The Morgan fingerprint density at radius 3 is 2.20 bits per heavy atom. The number of hydrogen-bond donors (Lipinski definition) is 0. The van der Waals surface area contributed by atoms with E-state index in [0.717, 1.165) is 10.5 Å². The second kappa shape index (κ2) is 4.71. The van der Waals surface area contributed by atoms with Crippen LogP contribution < -0.4 is 0 Å². The van der Waals surface area contributed by atoms with E-state index in [9.17, 15) is 0 Å². The van der Waals surface area contributed by atoms with Gasteiger partial charge in [0.25, 0.3) is 0 Å². The number of thiazole rings is 1. The van der Waals surface area contributed by atoms with Gasteiger partial charge in [-0.3, -0.25) is 0 Å². The maximum absolute atomic E-state index is 4.51. The van der Waals surface area contributed by atoms with Gasteiger partial charge in [-0.25, -0.2) is 4.98 Å². The molecule has 1 nitrogen and oxygen atoms in total. The Hall–Kier alpha value is -1.67. The minimum absolute atomic E-state index is 0.206. The van der Waals surface area contributed by atoms with E-state index in [1.165, 1.54) is 21.4 Å². The molecule has 0 bridgehead atoms. The number of rotatable bonds is 1. The van der Waals surface area contributed by atoms with Gasteiger partial charge < -0.3 is 0 Å². The van der Waals surface area contributed by atoms with Gasteiger partial charge in [0.1, 0.15) is 0 Å². The quantitative estimate of drug-likeness (QED) is 0.568. The molecule has 0 atom stereocenters. The fourth-order valence-electron chi connectivity index (χ4n) is 2.38. The van der Waals surface area contributed by atoms with Crippen molar-refractivity contribution in [2.75, 3.05) is 0 Å². The Balaban J connectivity index is 2.02. The van der Waals surface area contributed by atoms with E-state index < -0.39 is 0 Å². The first-order chi connectivity index (χ1) is 9.43. The molecule has 2 aromatic carbocycles. The lowest BCUT2D eigenvalue weighted by Crippen LogP contribution is -2.10. The van der Waals surface area contributed by atoms with Crippen molar-refractivity contribution in [2.24, 2.45) is 0 Å². The van der Waals surface area contributed by atoms with Crippen LogP contribution in [0.15, 0.2) is 42.5 Å². The average Bonchev–Trinajstić information content (AvgIpc) is 2.77. The average molecular weight is 281 g/mol. The lowest BCUT2D eigenvalue weighted by atomic mass is 9.86. The van der Waals surface area contributed by atoms with Gasteiger partial charge in [0, 0.05) is 0 Å². The molecule has 0 aliphatic rings. The standard InChI is InChI=1S/C18H19NS/c1-12-19-16-10-7-14(11-17(16)20-12)13-5-8-15(9-6-13)18(2,3)4/h5-11H,1-4H3. The van der Waals surface area contributed by atoms with E-state index in [2.05, 4.69) is 75.1 Å². The topological polar surface area (TPSA) is 12.9 Å². The third-order valence-corrected chi connectivity index (χ3v) is 4.51. The summed E-state index contributed by atoms with van der Waals surface area (Å²) < 4.78 is 1.26. The summed E-state index contributed by atoms with van der Waals surface area (Å²) in [6.45, 7) is 8.79. The molecule has 2 heteroatoms. The summed E-state index contributed by atoms with van der Waals surface area (Å²) in [6.07, 6.45) is 0. The molecule has 0 radical (unpaired) electrons. The van der Waals surface area contributed by atoms with Gasteiger partial charge in [-0.15, -0.1) is 11.3 Å². The highest BCUT2D eigenvalue weighted by atomic mass is 32.1. The predicted molar refractivity (Wildman–Crippen MR) is 88.5 cm³/mol. The molecule has 1 heterocycles. The zero-order chi connectivity index (χ0) is 14.3. The number of benzene rings is 2. The van der Waals surface area contributed by atoms with E-state index in [4.69, 9.17) is 0 Å². The van der Waals surface area contributed by atoms with E-state index in [-0.39, 0.29) is 5.41 Å². The fourth-order valence-corrected chi connectivity index (χ4v) is 3.25. The van der Waals surface area contributed by atoms with Gasteiger partial charge in [-0.2, -0.15) is 0 Å². The normalized spacial score (nSPS) is 12.0. The predicted octanol–water partition coefficient (Wildman–Crippen LogP) is 5.57. The number of fused-ring (bicyclic) bond motifs is 1. The lowest BCUT2D eigenvalue weighted by molar-refractivity contribution is 0.590. The highest BCUT2D eigenvalue weighted by molar-refractivity contribution is 7.18. The number of hydrogen-bond acceptors (Lipinski definition) is 2. The maximum atomic E-state index is 4.51. The third-order valence-electron chi connectivity index (χ3n) is 3.58. The van der Waals surface area contributed by atoms with Crippen LogP contribution in [0.2, 0.25) is 0 Å². The van der Waals surface area contributed by atoms with Crippen LogP contribution in [0.25, 0.3) is 21.3 Å². The van der Waals surface area contributed by atoms with Crippen LogP contribution in [0.3, 0.4) is 0 Å². The number of aromatic nitrogens is 1. The molecule has 3 rings (SSSR count). The zero-order valence-corrected chi connectivity index (χ0v) is 13.2. The summed E-state index contributed by atoms with van der Waals surface area (Å²) in [6, 6.07) is 15.4. The van der Waals surface area contributed by atoms with Gasteiger partial charge >= 0.3 is 0 Å². The Morgan fingerprint density at radius 1 is 0.900 bits per heavy atom. The van der Waals surface area contributed by atoms with Crippen LogP contribution in [0.4, 0.5) is 0 Å². The van der Waals surface area contributed by atoms with Crippen molar-refractivity contribution in [3.63, 3.8) is 0 Å². The maximum Gasteiger partial charge on any atom is 0.0907 e. The molecule has 0 saturated carbocycles. The first-order valence-corrected chi connectivity index (χ1v) is 7.73. The van der Waals surface area contributed by atoms with Crippen molar-refractivity contribution in [3.05, 3.63) is 53.0 Å². The molecule has 0 N–H and O–H groups in total. The van der Waals surface area contributed by atoms with Gasteiger partial charge in [-0.1, -0.05) is 51.1 Å². The number of nitrogens with zero attached hydrogens (tertiary/aromatic N) is 1. The van der Waals surface area contributed by atoms with Crippen LogP contribution in [0.1, 0.15) is 31.3 Å². The molecule has 0 unspecified atom stereocenters. The lowest BCUT2D eigenvalue weighted by Gasteiger charge is -2.19. The largest absolute Gasteiger partial charge is 0.242 e. The van der Waals surface area contributed by atoms with E-state index in [0.29, 0.717) is 0 Å². The molecule has 1 aromatic heterocycles. The van der Waals surface area contributed by atoms with E-state index in [1.54, 1.807) is 11.3 Å². The van der Waals surface area contributed by atoms with Crippen molar-refractivity contribution < 1.29 is 0 Å². The summed E-state index contributed by atoms with van der Waals surface area (Å²) in [7, 11) is 0. The van der Waals surface area contributed by atoms with Gasteiger partial charge in [0.2, 0.25) is 0 Å². The molecule has 0 aliphatic carbocycles. The van der Waals surface area contributed by atoms with Crippen LogP contribution in [0.5, 0.6) is 0 Å². The molecular weight excluding hydrogens is 262 g/mol. The Morgan fingerprint density at radius 2 is 1.55 bits per heavy atom. The van der Waals surface area contributed by atoms with Gasteiger partial charge in [0.05, 0.1) is 15.2 Å². The molecule has 20 heavy (non-hydrogen) atoms. The van der Waals surface area contributed by atoms with Crippen molar-refractivity contribution in [1.29, 1.82) is 0 Å². The first-order valence-electron chi connectivity index (χ1n) is 6.91. The third kappa shape index (κ3) is 2.48. The Labute approximate surface area is 124 Å².